The molecule has 1 N–H and O–H groups in total. The fraction of sp³-hybridized carbons (Fsp3) is 0.480. The predicted molar refractivity (Wildman–Crippen MR) is 124 cm³/mol. The molecule has 8 nitrogen and oxygen atoms in total. The van der Waals surface area contributed by atoms with Crippen molar-refractivity contribution in [3.63, 3.8) is 0 Å². The van der Waals surface area contributed by atoms with Crippen LogP contribution in [0.5, 0.6) is 0 Å². The van der Waals surface area contributed by atoms with E-state index in [9.17, 15) is 23.6 Å². The second-order valence-electron chi connectivity index (χ2n) is 9.34. The standard InChI is InChI=1S/C25H30FN3O5/c1-25(2,3)34-21(31)14-18(20(30)15-26)28-23(32)19-10-6-7-13-29(19)24(33)22-17-9-5-4-8-16(17)11-12-27-22/h4-5,8-9,11-12,18-19H,6-7,10,13-15H2,1-3H3,(H,28,32). The summed E-state index contributed by atoms with van der Waals surface area (Å²) >= 11 is 0. The summed E-state index contributed by atoms with van der Waals surface area (Å²) in [6.45, 7) is 4.02. The zero-order valence-electron chi connectivity index (χ0n) is 19.7. The lowest BCUT2D eigenvalue weighted by Gasteiger charge is -2.35. The van der Waals surface area contributed by atoms with Crippen molar-refractivity contribution in [2.24, 2.45) is 0 Å². The zero-order chi connectivity index (χ0) is 24.9. The van der Waals surface area contributed by atoms with E-state index in [4.69, 9.17) is 4.74 Å². The summed E-state index contributed by atoms with van der Waals surface area (Å²) in [6, 6.07) is 6.91. The first-order valence-corrected chi connectivity index (χ1v) is 11.4. The van der Waals surface area contributed by atoms with Crippen LogP contribution in [0.3, 0.4) is 0 Å². The Bertz CT molecular complexity index is 1080. The molecule has 34 heavy (non-hydrogen) atoms. The lowest BCUT2D eigenvalue weighted by molar-refractivity contribution is -0.156. The molecule has 0 aliphatic carbocycles. The molecule has 2 amide bonds. The van der Waals surface area contributed by atoms with Crippen LogP contribution in [0, 0.1) is 0 Å². The minimum atomic E-state index is -1.37. The van der Waals surface area contributed by atoms with Gasteiger partial charge in [0.15, 0.2) is 5.78 Å². The van der Waals surface area contributed by atoms with Crippen molar-refractivity contribution in [3.05, 3.63) is 42.2 Å². The van der Waals surface area contributed by atoms with E-state index in [1.165, 1.54) is 4.90 Å². The number of nitrogens with zero attached hydrogens (tertiary/aromatic N) is 2. The number of ketones is 1. The third-order valence-electron chi connectivity index (χ3n) is 5.57. The first-order valence-electron chi connectivity index (χ1n) is 11.4. The molecule has 9 heteroatoms. The number of amides is 2. The topological polar surface area (TPSA) is 106 Å². The van der Waals surface area contributed by atoms with Crippen LogP contribution in [0.1, 0.15) is 56.9 Å². The van der Waals surface area contributed by atoms with Crippen molar-refractivity contribution in [1.29, 1.82) is 0 Å². The van der Waals surface area contributed by atoms with Gasteiger partial charge in [-0.25, -0.2) is 4.39 Å². The number of aromatic nitrogens is 1. The molecule has 0 bridgehead atoms. The molecule has 2 aromatic rings. The highest BCUT2D eigenvalue weighted by molar-refractivity contribution is 6.06. The number of pyridine rings is 1. The minimum Gasteiger partial charge on any atom is -0.460 e. The van der Waals surface area contributed by atoms with Crippen molar-refractivity contribution >= 4 is 34.3 Å². The number of carbonyl (C=O) groups excluding carboxylic acids is 4. The van der Waals surface area contributed by atoms with E-state index in [1.54, 1.807) is 39.1 Å². The average Bonchev–Trinajstić information content (AvgIpc) is 2.81. The van der Waals surface area contributed by atoms with E-state index >= 15 is 0 Å². The van der Waals surface area contributed by atoms with Crippen LogP contribution >= 0.6 is 0 Å². The quantitative estimate of drug-likeness (QED) is 0.623. The summed E-state index contributed by atoms with van der Waals surface area (Å²) in [5.74, 6) is -2.65. The van der Waals surface area contributed by atoms with E-state index in [-0.39, 0.29) is 5.69 Å². The number of hydrogen-bond donors (Lipinski definition) is 1. The third kappa shape index (κ3) is 6.15. The van der Waals surface area contributed by atoms with Gasteiger partial charge in [0, 0.05) is 18.1 Å². The maximum Gasteiger partial charge on any atom is 0.308 e. The Morgan fingerprint density at radius 3 is 2.62 bits per heavy atom. The lowest BCUT2D eigenvalue weighted by Crippen LogP contribution is -2.55. The molecule has 1 aromatic carbocycles. The monoisotopic (exact) mass is 471 g/mol. The lowest BCUT2D eigenvalue weighted by atomic mass is 9.99. The molecule has 1 fully saturated rings. The summed E-state index contributed by atoms with van der Waals surface area (Å²) < 4.78 is 18.4. The van der Waals surface area contributed by atoms with Gasteiger partial charge in [-0.2, -0.15) is 0 Å². The van der Waals surface area contributed by atoms with Gasteiger partial charge in [-0.1, -0.05) is 24.3 Å². The van der Waals surface area contributed by atoms with Gasteiger partial charge in [-0.3, -0.25) is 24.2 Å². The second kappa shape index (κ2) is 10.7. The number of likely N-dealkylation sites (tertiary alicyclic amines) is 1. The van der Waals surface area contributed by atoms with Crippen molar-refractivity contribution in [3.8, 4) is 0 Å². The summed E-state index contributed by atoms with van der Waals surface area (Å²) in [7, 11) is 0. The van der Waals surface area contributed by atoms with E-state index in [0.29, 0.717) is 31.2 Å². The Morgan fingerprint density at radius 2 is 1.91 bits per heavy atom. The Balaban J connectivity index is 1.80. The van der Waals surface area contributed by atoms with Crippen molar-refractivity contribution < 1.29 is 28.3 Å². The Kier molecular flexibility index (Phi) is 7.96. The molecule has 2 heterocycles. The van der Waals surface area contributed by atoms with Gasteiger partial charge in [0.05, 0.1) is 6.42 Å². The summed E-state index contributed by atoms with van der Waals surface area (Å²) in [6.07, 6.45) is 2.86. The number of Topliss-reactive ketones (excluding diaryl/α,β-unsaturated/α-hetero) is 1. The molecule has 0 spiro atoms. The molecule has 3 rings (SSSR count). The van der Waals surface area contributed by atoms with E-state index in [0.717, 1.165) is 5.39 Å². The number of piperidine rings is 1. The fourth-order valence-electron chi connectivity index (χ4n) is 4.03. The summed E-state index contributed by atoms with van der Waals surface area (Å²) in [5.41, 5.74) is -0.550. The zero-order valence-corrected chi connectivity index (χ0v) is 19.7. The number of esters is 1. The van der Waals surface area contributed by atoms with Gasteiger partial charge >= 0.3 is 5.97 Å². The van der Waals surface area contributed by atoms with Crippen molar-refractivity contribution in [2.45, 2.75) is 64.1 Å². The SMILES string of the molecule is CC(C)(C)OC(=O)CC(NC(=O)C1CCCCN1C(=O)c1nccc2ccccc12)C(=O)CF. The first kappa shape index (κ1) is 25.3. The van der Waals surface area contributed by atoms with E-state index in [1.807, 2.05) is 18.2 Å². The molecular formula is C25H30FN3O5. The number of halogens is 1. The molecule has 1 aliphatic heterocycles. The Labute approximate surface area is 197 Å². The molecule has 1 aliphatic rings. The van der Waals surface area contributed by atoms with Gasteiger partial charge in [-0.05, 0) is 51.5 Å². The van der Waals surface area contributed by atoms with Crippen LogP contribution in [0.15, 0.2) is 36.5 Å². The molecule has 0 radical (unpaired) electrons. The fourth-order valence-corrected chi connectivity index (χ4v) is 4.03. The number of ether oxygens (including phenoxy) is 1. The number of carbonyl (C=O) groups is 4. The summed E-state index contributed by atoms with van der Waals surface area (Å²) in [4.78, 5) is 56.6. The van der Waals surface area contributed by atoms with Crippen LogP contribution in [-0.2, 0) is 19.1 Å². The van der Waals surface area contributed by atoms with Gasteiger partial charge < -0.3 is 15.0 Å². The largest absolute Gasteiger partial charge is 0.460 e. The Hall–Kier alpha value is -3.36. The predicted octanol–water partition coefficient (Wildman–Crippen LogP) is 2.98. The Morgan fingerprint density at radius 1 is 1.18 bits per heavy atom. The van der Waals surface area contributed by atoms with Gasteiger partial charge in [0.1, 0.15) is 30.1 Å². The van der Waals surface area contributed by atoms with Gasteiger partial charge in [0.25, 0.3) is 5.91 Å². The van der Waals surface area contributed by atoms with Crippen molar-refractivity contribution in [1.82, 2.24) is 15.2 Å². The van der Waals surface area contributed by atoms with Gasteiger partial charge in [0.2, 0.25) is 5.91 Å². The average molecular weight is 472 g/mol. The number of fused-ring (bicyclic) bond motifs is 1. The molecule has 182 valence electrons. The number of nitrogens with one attached hydrogen (secondary N) is 1. The highest BCUT2D eigenvalue weighted by atomic mass is 19.1. The van der Waals surface area contributed by atoms with Crippen LogP contribution in [0.4, 0.5) is 4.39 Å². The molecule has 1 aromatic heterocycles. The molecular weight excluding hydrogens is 441 g/mol. The van der Waals surface area contributed by atoms with Crippen LogP contribution < -0.4 is 5.32 Å². The van der Waals surface area contributed by atoms with E-state index < -0.39 is 54.3 Å². The maximum absolute atomic E-state index is 13.4. The number of alkyl halides is 1. The maximum atomic E-state index is 13.4. The number of rotatable bonds is 7. The van der Waals surface area contributed by atoms with Crippen LogP contribution in [0.25, 0.3) is 10.8 Å². The number of benzene rings is 1. The molecule has 2 unspecified atom stereocenters. The van der Waals surface area contributed by atoms with Crippen LogP contribution in [0.2, 0.25) is 0 Å². The second-order valence-corrected chi connectivity index (χ2v) is 9.34. The highest BCUT2D eigenvalue weighted by Crippen LogP contribution is 2.23. The van der Waals surface area contributed by atoms with Crippen LogP contribution in [-0.4, -0.2) is 64.4 Å². The highest BCUT2D eigenvalue weighted by Gasteiger charge is 2.36. The minimum absolute atomic E-state index is 0.239. The normalized spacial score (nSPS) is 17.2. The molecule has 2 atom stereocenters. The van der Waals surface area contributed by atoms with E-state index in [2.05, 4.69) is 10.3 Å². The smallest absolute Gasteiger partial charge is 0.308 e. The van der Waals surface area contributed by atoms with Crippen molar-refractivity contribution in [2.75, 3.05) is 13.2 Å². The number of hydrogen-bond acceptors (Lipinski definition) is 6. The molecule has 1 saturated heterocycles. The first-order chi connectivity index (χ1) is 16.1. The molecule has 0 saturated carbocycles. The third-order valence-corrected chi connectivity index (χ3v) is 5.57. The van der Waals surface area contributed by atoms with Gasteiger partial charge in [-0.15, -0.1) is 0 Å². The summed E-state index contributed by atoms with van der Waals surface area (Å²) in [5, 5.41) is 4.01.